The van der Waals surface area contributed by atoms with E-state index in [0.29, 0.717) is 30.9 Å². The topological polar surface area (TPSA) is 114 Å². The van der Waals surface area contributed by atoms with Crippen LogP contribution in [0.15, 0.2) is 34.7 Å². The van der Waals surface area contributed by atoms with E-state index in [0.717, 1.165) is 25.7 Å². The first-order valence-electron chi connectivity index (χ1n) is 11.3. The van der Waals surface area contributed by atoms with E-state index in [1.165, 1.54) is 29.5 Å². The fraction of sp³-hybridized carbons (Fsp3) is 0.565. The number of nitrogens with zero attached hydrogens (tertiary/aromatic N) is 1. The van der Waals surface area contributed by atoms with Crippen LogP contribution >= 0.6 is 0 Å². The highest BCUT2D eigenvalue weighted by molar-refractivity contribution is 7.89. The summed E-state index contributed by atoms with van der Waals surface area (Å²) >= 11 is 0. The lowest BCUT2D eigenvalue weighted by Crippen LogP contribution is -2.53. The molecule has 0 radical (unpaired) electrons. The molecule has 0 bridgehead atoms. The van der Waals surface area contributed by atoms with Gasteiger partial charge in [-0.25, -0.2) is 8.42 Å². The molecule has 2 amide bonds. The normalized spacial score (nSPS) is 19.5. The van der Waals surface area contributed by atoms with E-state index in [4.69, 9.17) is 9.47 Å². The Bertz CT molecular complexity index is 992. The van der Waals surface area contributed by atoms with Crippen molar-refractivity contribution in [2.75, 3.05) is 33.4 Å². The minimum Gasteiger partial charge on any atom is -0.496 e. The van der Waals surface area contributed by atoms with Crippen molar-refractivity contribution >= 4 is 21.8 Å². The number of ether oxygens (including phenoxy) is 2. The van der Waals surface area contributed by atoms with Crippen LogP contribution in [0.4, 0.5) is 0 Å². The summed E-state index contributed by atoms with van der Waals surface area (Å²) in [5.41, 5.74) is 2.01. The summed E-state index contributed by atoms with van der Waals surface area (Å²) in [6, 6.07) is 4.64. The van der Waals surface area contributed by atoms with Crippen LogP contribution in [0.25, 0.3) is 0 Å². The Labute approximate surface area is 195 Å². The van der Waals surface area contributed by atoms with E-state index < -0.39 is 28.1 Å². The van der Waals surface area contributed by atoms with Gasteiger partial charge in [0, 0.05) is 13.1 Å². The van der Waals surface area contributed by atoms with Gasteiger partial charge in [-0.2, -0.15) is 4.31 Å². The van der Waals surface area contributed by atoms with Crippen LogP contribution in [-0.4, -0.2) is 64.1 Å². The Morgan fingerprint density at radius 3 is 2.67 bits per heavy atom. The van der Waals surface area contributed by atoms with Crippen molar-refractivity contribution in [2.24, 2.45) is 0 Å². The quantitative estimate of drug-likeness (QED) is 0.435. The van der Waals surface area contributed by atoms with Gasteiger partial charge in [0.1, 0.15) is 12.0 Å². The number of benzene rings is 1. The molecule has 0 spiro atoms. The minimum atomic E-state index is -3.86. The van der Waals surface area contributed by atoms with Gasteiger partial charge in [0.05, 0.1) is 25.2 Å². The van der Waals surface area contributed by atoms with Crippen molar-refractivity contribution in [3.63, 3.8) is 0 Å². The van der Waals surface area contributed by atoms with Gasteiger partial charge in [-0.05, 0) is 69.2 Å². The zero-order chi connectivity index (χ0) is 23.8. The summed E-state index contributed by atoms with van der Waals surface area (Å²) in [6.07, 6.45) is 7.06. The number of rotatable bonds is 8. The van der Waals surface area contributed by atoms with Crippen LogP contribution in [-0.2, 0) is 24.3 Å². The van der Waals surface area contributed by atoms with E-state index in [1.54, 1.807) is 19.1 Å². The molecule has 0 aromatic heterocycles. The molecule has 1 heterocycles. The van der Waals surface area contributed by atoms with Crippen LogP contribution in [0.5, 0.6) is 5.75 Å². The van der Waals surface area contributed by atoms with E-state index in [2.05, 4.69) is 16.7 Å². The smallest absolute Gasteiger partial charge is 0.309 e. The standard InChI is InChI=1S/C23H33N3O6S/c1-17-15-19(9-10-20(17)31-2)33(29,30)26-13-6-14-32-21(26)16-25-23(28)22(27)24-12-11-18-7-4-3-5-8-18/h7,9-10,15,21H,3-6,8,11-14,16H2,1-2H3,(H,24,27)(H,25,28). The fourth-order valence-electron chi connectivity index (χ4n) is 4.06. The third-order valence-electron chi connectivity index (χ3n) is 5.89. The number of aryl methyl sites for hydroxylation is 1. The number of methoxy groups -OCH3 is 1. The minimum absolute atomic E-state index is 0.119. The van der Waals surface area contributed by atoms with Crippen molar-refractivity contribution in [3.8, 4) is 5.75 Å². The first-order chi connectivity index (χ1) is 15.8. The molecule has 3 rings (SSSR count). The van der Waals surface area contributed by atoms with Crippen molar-refractivity contribution < 1.29 is 27.5 Å². The lowest BCUT2D eigenvalue weighted by Gasteiger charge is -2.34. The molecule has 1 aliphatic heterocycles. The van der Waals surface area contributed by atoms with Gasteiger partial charge in [-0.1, -0.05) is 11.6 Å². The maximum atomic E-state index is 13.2. The third-order valence-corrected chi connectivity index (χ3v) is 7.77. The summed E-state index contributed by atoms with van der Waals surface area (Å²) in [4.78, 5) is 24.5. The maximum Gasteiger partial charge on any atom is 0.309 e. The average Bonchev–Trinajstić information content (AvgIpc) is 2.83. The second-order valence-electron chi connectivity index (χ2n) is 8.25. The number of carbonyl (C=O) groups is 2. The summed E-state index contributed by atoms with van der Waals surface area (Å²) in [6.45, 7) is 2.68. The molecule has 1 saturated heterocycles. The third kappa shape index (κ3) is 6.55. The number of hydrogen-bond donors (Lipinski definition) is 2. The largest absolute Gasteiger partial charge is 0.496 e. The first-order valence-corrected chi connectivity index (χ1v) is 12.8. The first kappa shape index (κ1) is 25.2. The van der Waals surface area contributed by atoms with E-state index in [-0.39, 0.29) is 18.0 Å². The molecule has 33 heavy (non-hydrogen) atoms. The van der Waals surface area contributed by atoms with E-state index in [1.807, 2.05) is 0 Å². The Kier molecular flexibility index (Phi) is 8.87. The summed E-state index contributed by atoms with van der Waals surface area (Å²) in [5, 5.41) is 5.13. The number of carbonyl (C=O) groups excluding carboxylic acids is 2. The molecule has 0 saturated carbocycles. The van der Waals surface area contributed by atoms with Gasteiger partial charge >= 0.3 is 11.8 Å². The van der Waals surface area contributed by atoms with Crippen LogP contribution in [0.1, 0.15) is 44.1 Å². The molecule has 1 fully saturated rings. The highest BCUT2D eigenvalue weighted by Crippen LogP contribution is 2.26. The molecule has 1 atom stereocenters. The van der Waals surface area contributed by atoms with Crippen molar-refractivity contribution in [3.05, 3.63) is 35.4 Å². The van der Waals surface area contributed by atoms with Gasteiger partial charge in [0.25, 0.3) is 0 Å². The predicted octanol–water partition coefficient (Wildman–Crippen LogP) is 1.86. The molecule has 2 aliphatic rings. The lowest BCUT2D eigenvalue weighted by atomic mass is 9.97. The Balaban J connectivity index is 1.56. The molecule has 1 unspecified atom stereocenters. The maximum absolute atomic E-state index is 13.2. The fourth-order valence-corrected chi connectivity index (χ4v) is 5.71. The van der Waals surface area contributed by atoms with Crippen molar-refractivity contribution in [1.29, 1.82) is 0 Å². The van der Waals surface area contributed by atoms with Crippen LogP contribution < -0.4 is 15.4 Å². The van der Waals surface area contributed by atoms with Gasteiger partial charge in [-0.3, -0.25) is 9.59 Å². The van der Waals surface area contributed by atoms with Crippen LogP contribution in [0.2, 0.25) is 0 Å². The van der Waals surface area contributed by atoms with Crippen molar-refractivity contribution in [2.45, 2.75) is 56.6 Å². The number of nitrogens with one attached hydrogen (secondary N) is 2. The molecule has 2 N–H and O–H groups in total. The summed E-state index contributed by atoms with van der Waals surface area (Å²) in [5.74, 6) is -0.944. The van der Waals surface area contributed by atoms with Gasteiger partial charge in [0.2, 0.25) is 10.0 Å². The molecular weight excluding hydrogens is 446 g/mol. The van der Waals surface area contributed by atoms with Gasteiger partial charge in [0.15, 0.2) is 0 Å². The lowest BCUT2D eigenvalue weighted by molar-refractivity contribution is -0.140. The molecule has 1 aromatic rings. The van der Waals surface area contributed by atoms with Gasteiger partial charge < -0.3 is 20.1 Å². The number of sulfonamides is 1. The Hall–Kier alpha value is -2.43. The molecule has 1 aromatic carbocycles. The van der Waals surface area contributed by atoms with Gasteiger partial charge in [-0.15, -0.1) is 0 Å². The molecule has 182 valence electrons. The number of allylic oxidation sites excluding steroid dienone is 1. The Morgan fingerprint density at radius 2 is 1.97 bits per heavy atom. The number of amides is 2. The molecule has 10 heteroatoms. The zero-order valence-electron chi connectivity index (χ0n) is 19.3. The van der Waals surface area contributed by atoms with Crippen LogP contribution in [0.3, 0.4) is 0 Å². The molecular formula is C23H33N3O6S. The van der Waals surface area contributed by atoms with E-state index >= 15 is 0 Å². The highest BCUT2D eigenvalue weighted by Gasteiger charge is 2.35. The molecule has 9 nitrogen and oxygen atoms in total. The number of hydrogen-bond acceptors (Lipinski definition) is 6. The predicted molar refractivity (Wildman–Crippen MR) is 123 cm³/mol. The summed E-state index contributed by atoms with van der Waals surface area (Å²) in [7, 11) is -2.33. The zero-order valence-corrected chi connectivity index (χ0v) is 20.1. The SMILES string of the molecule is COc1ccc(S(=O)(=O)N2CCCOC2CNC(=O)C(=O)NCCC2=CCCCC2)cc1C. The second kappa shape index (κ2) is 11.6. The average molecular weight is 480 g/mol. The monoisotopic (exact) mass is 479 g/mol. The van der Waals surface area contributed by atoms with Crippen LogP contribution in [0, 0.1) is 6.92 Å². The van der Waals surface area contributed by atoms with Crippen molar-refractivity contribution in [1.82, 2.24) is 14.9 Å². The van der Waals surface area contributed by atoms with E-state index in [9.17, 15) is 18.0 Å². The Morgan fingerprint density at radius 1 is 1.18 bits per heavy atom. The molecule has 1 aliphatic carbocycles. The second-order valence-corrected chi connectivity index (χ2v) is 10.1. The highest BCUT2D eigenvalue weighted by atomic mass is 32.2. The summed E-state index contributed by atoms with van der Waals surface area (Å²) < 4.78 is 38.5.